The Morgan fingerprint density at radius 1 is 1.00 bits per heavy atom. The van der Waals surface area contributed by atoms with Crippen molar-refractivity contribution in [3.05, 3.63) is 11.8 Å². The summed E-state index contributed by atoms with van der Waals surface area (Å²) in [7, 11) is -3.85. The van der Waals surface area contributed by atoms with Crippen LogP contribution in [0.2, 0.25) is 41.8 Å². The molecular weight excluding hydrogens is 368 g/mol. The van der Waals surface area contributed by atoms with Gasteiger partial charge in [0.1, 0.15) is 6.10 Å². The van der Waals surface area contributed by atoms with Crippen LogP contribution in [0.4, 0.5) is 0 Å². The number of allylic oxidation sites excluding steroid dienone is 2. The Labute approximate surface area is 169 Å². The van der Waals surface area contributed by atoms with Crippen molar-refractivity contribution in [2.75, 3.05) is 0 Å². The quantitative estimate of drug-likeness (QED) is 0.569. The van der Waals surface area contributed by atoms with Crippen LogP contribution in [0.3, 0.4) is 0 Å². The maximum Gasteiger partial charge on any atom is 0.250 e. The Hall–Kier alpha value is -0.396. The van der Waals surface area contributed by atoms with E-state index in [0.29, 0.717) is 0 Å². The van der Waals surface area contributed by atoms with E-state index in [-0.39, 0.29) is 33.2 Å². The molecule has 2 rings (SSSR count). The van der Waals surface area contributed by atoms with Gasteiger partial charge in [0, 0.05) is 0 Å². The molecule has 1 fully saturated rings. The van der Waals surface area contributed by atoms with Crippen LogP contribution >= 0.6 is 0 Å². The molecule has 0 aromatic rings. The largest absolute Gasteiger partial charge is 0.546 e. The highest BCUT2D eigenvalue weighted by molar-refractivity contribution is 6.82. The molecule has 2 bridgehead atoms. The lowest BCUT2D eigenvalue weighted by Gasteiger charge is -2.46. The standard InChI is InChI=1S/C22H42O3Si2/c1-21(2,3)26(7,8)18-14-17(25-27(9,10)22(4,5)6)15-12-11-13-16(18)20(24)19(15)23/h14-16,18,20,24H,11-13H2,1-10H3/t15-,16+,18-,20-/m0/s1. The van der Waals surface area contributed by atoms with Crippen LogP contribution in [0, 0.1) is 11.8 Å². The van der Waals surface area contributed by atoms with Gasteiger partial charge in [-0.05, 0) is 53.5 Å². The molecule has 2 aliphatic rings. The number of rotatable bonds is 3. The van der Waals surface area contributed by atoms with Gasteiger partial charge in [-0.25, -0.2) is 0 Å². The predicted molar refractivity (Wildman–Crippen MR) is 119 cm³/mol. The number of hydrogen-bond acceptors (Lipinski definition) is 3. The minimum atomic E-state index is -2.04. The molecule has 0 spiro atoms. The Morgan fingerprint density at radius 2 is 1.56 bits per heavy atom. The Morgan fingerprint density at radius 3 is 2.04 bits per heavy atom. The van der Waals surface area contributed by atoms with Crippen molar-refractivity contribution in [1.82, 2.24) is 0 Å². The number of carbonyl (C=O) groups is 1. The summed E-state index contributed by atoms with van der Waals surface area (Å²) in [6.07, 6.45) is 4.25. The lowest BCUT2D eigenvalue weighted by atomic mass is 9.93. The molecular formula is C22H42O3Si2. The van der Waals surface area contributed by atoms with Crippen LogP contribution in [0.15, 0.2) is 11.8 Å². The second-order valence-corrected chi connectivity index (χ2v) is 22.3. The second kappa shape index (κ2) is 7.14. The SMILES string of the molecule is CC(C)(C)[Si](C)(C)OC1=C[C@H]([Si](C)(C)C(C)(C)C)[C@H]2CCC[C@@H]1C(=O)[C@H]2O. The van der Waals surface area contributed by atoms with E-state index in [9.17, 15) is 9.90 Å². The fraction of sp³-hybridized carbons (Fsp3) is 0.864. The third-order valence-corrected chi connectivity index (χ3v) is 18.7. The van der Waals surface area contributed by atoms with Gasteiger partial charge in [0.15, 0.2) is 5.78 Å². The van der Waals surface area contributed by atoms with Gasteiger partial charge >= 0.3 is 0 Å². The van der Waals surface area contributed by atoms with Gasteiger partial charge in [0.05, 0.1) is 19.8 Å². The Kier molecular flexibility index (Phi) is 6.05. The van der Waals surface area contributed by atoms with Crippen LogP contribution in [-0.2, 0) is 9.22 Å². The molecule has 0 amide bonds. The van der Waals surface area contributed by atoms with Crippen LogP contribution in [0.25, 0.3) is 0 Å². The monoisotopic (exact) mass is 410 g/mol. The molecule has 27 heavy (non-hydrogen) atoms. The summed E-state index contributed by atoms with van der Waals surface area (Å²) >= 11 is 0. The summed E-state index contributed by atoms with van der Waals surface area (Å²) in [5.74, 6) is 0.684. The van der Waals surface area contributed by atoms with Gasteiger partial charge in [-0.15, -0.1) is 0 Å². The van der Waals surface area contributed by atoms with Crippen LogP contribution in [-0.4, -0.2) is 33.4 Å². The average Bonchev–Trinajstić information content (AvgIpc) is 2.65. The summed E-state index contributed by atoms with van der Waals surface area (Å²) in [5, 5.41) is 11.3. The maximum atomic E-state index is 13.2. The lowest BCUT2D eigenvalue weighted by molar-refractivity contribution is -0.132. The molecule has 0 aliphatic heterocycles. The van der Waals surface area contributed by atoms with E-state index in [1.54, 1.807) is 0 Å². The van der Waals surface area contributed by atoms with Gasteiger partial charge < -0.3 is 9.53 Å². The van der Waals surface area contributed by atoms with Crippen LogP contribution in [0.5, 0.6) is 0 Å². The first kappa shape index (κ1) is 22.9. The highest BCUT2D eigenvalue weighted by Crippen LogP contribution is 2.53. The van der Waals surface area contributed by atoms with Crippen molar-refractivity contribution in [3.63, 3.8) is 0 Å². The van der Waals surface area contributed by atoms with Crippen molar-refractivity contribution in [1.29, 1.82) is 0 Å². The molecule has 0 aromatic carbocycles. The molecule has 5 heteroatoms. The Bertz CT molecular complexity index is 608. The predicted octanol–water partition coefficient (Wildman–Crippen LogP) is 6.13. The van der Waals surface area contributed by atoms with E-state index in [2.05, 4.69) is 73.8 Å². The molecule has 156 valence electrons. The average molecular weight is 411 g/mol. The van der Waals surface area contributed by atoms with E-state index in [1.165, 1.54) is 0 Å². The lowest BCUT2D eigenvalue weighted by Crippen LogP contribution is -2.47. The first-order valence-electron chi connectivity index (χ1n) is 10.6. The summed E-state index contributed by atoms with van der Waals surface area (Å²) in [6.45, 7) is 23.0. The normalized spacial score (nSPS) is 30.6. The third-order valence-electron chi connectivity index (χ3n) is 8.16. The summed E-state index contributed by atoms with van der Waals surface area (Å²) in [6, 6.07) is 0. The fourth-order valence-corrected chi connectivity index (χ4v) is 8.25. The highest BCUT2D eigenvalue weighted by atomic mass is 28.4. The van der Waals surface area contributed by atoms with E-state index in [1.807, 2.05) is 0 Å². The molecule has 3 nitrogen and oxygen atoms in total. The fourth-order valence-electron chi connectivity index (χ4n) is 4.15. The van der Waals surface area contributed by atoms with Crippen molar-refractivity contribution in [2.24, 2.45) is 11.8 Å². The molecule has 2 aliphatic carbocycles. The number of Topliss-reactive ketones (excluding diaryl/α,β-unsaturated/α-hetero) is 1. The molecule has 0 radical (unpaired) electrons. The number of aliphatic hydroxyl groups excluding tert-OH is 1. The topological polar surface area (TPSA) is 46.5 Å². The van der Waals surface area contributed by atoms with E-state index < -0.39 is 22.5 Å². The first-order valence-corrected chi connectivity index (χ1v) is 16.6. The van der Waals surface area contributed by atoms with Gasteiger partial charge in [-0.2, -0.15) is 0 Å². The zero-order chi connectivity index (χ0) is 21.0. The van der Waals surface area contributed by atoms with Gasteiger partial charge in [-0.3, -0.25) is 4.79 Å². The smallest absolute Gasteiger partial charge is 0.250 e. The van der Waals surface area contributed by atoms with Crippen molar-refractivity contribution in [3.8, 4) is 0 Å². The molecule has 4 atom stereocenters. The molecule has 1 N–H and O–H groups in total. The van der Waals surface area contributed by atoms with Crippen molar-refractivity contribution >= 4 is 22.2 Å². The van der Waals surface area contributed by atoms with Gasteiger partial charge in [0.2, 0.25) is 8.32 Å². The number of ketones is 1. The highest BCUT2D eigenvalue weighted by Gasteiger charge is 2.52. The molecule has 0 heterocycles. The molecule has 0 unspecified atom stereocenters. The summed E-state index contributed by atoms with van der Waals surface area (Å²) in [5.41, 5.74) is 0.265. The molecule has 0 aromatic heterocycles. The number of aliphatic hydroxyl groups is 1. The Balaban J connectivity index is 2.59. The van der Waals surface area contributed by atoms with E-state index in [4.69, 9.17) is 4.43 Å². The van der Waals surface area contributed by atoms with Crippen molar-refractivity contribution < 1.29 is 14.3 Å². The summed E-state index contributed by atoms with van der Waals surface area (Å²) < 4.78 is 6.76. The second-order valence-electron chi connectivity index (χ2n) is 11.9. The minimum absolute atomic E-state index is 0.00340. The number of fused-ring (bicyclic) bond motifs is 3. The summed E-state index contributed by atoms with van der Waals surface area (Å²) in [4.78, 5) is 13.2. The number of carbonyl (C=O) groups excluding carboxylic acids is 1. The zero-order valence-corrected chi connectivity index (χ0v) is 21.3. The van der Waals surface area contributed by atoms with E-state index in [0.717, 1.165) is 25.0 Å². The van der Waals surface area contributed by atoms with E-state index >= 15 is 0 Å². The maximum absolute atomic E-state index is 13.2. The van der Waals surface area contributed by atoms with Gasteiger partial charge in [0.25, 0.3) is 0 Å². The molecule has 1 saturated carbocycles. The van der Waals surface area contributed by atoms with Crippen LogP contribution < -0.4 is 0 Å². The minimum Gasteiger partial charge on any atom is -0.546 e. The van der Waals surface area contributed by atoms with Crippen LogP contribution in [0.1, 0.15) is 60.8 Å². The molecule has 0 saturated heterocycles. The zero-order valence-electron chi connectivity index (χ0n) is 19.3. The number of hydrogen-bond donors (Lipinski definition) is 1. The van der Waals surface area contributed by atoms with Gasteiger partial charge in [-0.1, -0.05) is 61.1 Å². The third kappa shape index (κ3) is 4.15. The first-order chi connectivity index (χ1) is 12.0. The van der Waals surface area contributed by atoms with Crippen molar-refractivity contribution in [2.45, 2.75) is 109 Å².